The topological polar surface area (TPSA) is 149 Å². The van der Waals surface area contributed by atoms with E-state index in [1.165, 1.54) is 19.3 Å². The molecule has 1 heterocycles. The van der Waals surface area contributed by atoms with Crippen molar-refractivity contribution < 1.29 is 39.8 Å². The monoisotopic (exact) mass is 904 g/mol. The van der Waals surface area contributed by atoms with Gasteiger partial charge in [-0.3, -0.25) is 4.79 Å². The van der Waals surface area contributed by atoms with Crippen molar-refractivity contribution in [2.75, 3.05) is 13.2 Å². The summed E-state index contributed by atoms with van der Waals surface area (Å²) in [6, 6.07) is -0.825. The van der Waals surface area contributed by atoms with Crippen molar-refractivity contribution in [2.45, 2.75) is 198 Å². The van der Waals surface area contributed by atoms with Crippen molar-refractivity contribution in [3.63, 3.8) is 0 Å². The number of nitrogens with one attached hydrogen (secondary N) is 1. The number of ether oxygens (including phenoxy) is 2. The molecule has 0 aliphatic carbocycles. The van der Waals surface area contributed by atoms with Crippen LogP contribution in [0.2, 0.25) is 0 Å². The molecule has 9 nitrogen and oxygen atoms in total. The summed E-state index contributed by atoms with van der Waals surface area (Å²) in [6.45, 7) is 3.55. The van der Waals surface area contributed by atoms with E-state index in [-0.39, 0.29) is 12.5 Å². The predicted molar refractivity (Wildman–Crippen MR) is 271 cm³/mol. The van der Waals surface area contributed by atoms with Crippen LogP contribution in [0.5, 0.6) is 0 Å². The molecule has 0 aromatic heterocycles. The molecule has 6 N–H and O–H groups in total. The molecular formula is C56H89NO8. The first kappa shape index (κ1) is 59.3. The number of unbranched alkanes of at least 4 members (excludes halogenated alkanes) is 9. The normalized spacial score (nSPS) is 21.1. The lowest BCUT2D eigenvalue weighted by Crippen LogP contribution is -2.60. The Morgan fingerprint density at radius 3 is 1.40 bits per heavy atom. The van der Waals surface area contributed by atoms with Crippen LogP contribution in [0.25, 0.3) is 0 Å². The minimum absolute atomic E-state index is 0.209. The van der Waals surface area contributed by atoms with Crippen molar-refractivity contribution in [3.05, 3.63) is 134 Å². The summed E-state index contributed by atoms with van der Waals surface area (Å²) in [5, 5.41) is 53.9. The van der Waals surface area contributed by atoms with Crippen molar-refractivity contribution in [1.82, 2.24) is 5.32 Å². The smallest absolute Gasteiger partial charge is 0.220 e. The minimum Gasteiger partial charge on any atom is -0.394 e. The third-order valence-electron chi connectivity index (χ3n) is 10.7. The van der Waals surface area contributed by atoms with Gasteiger partial charge in [-0.1, -0.05) is 186 Å². The van der Waals surface area contributed by atoms with Gasteiger partial charge in [0.05, 0.1) is 25.4 Å². The number of hydrogen-bond donors (Lipinski definition) is 6. The van der Waals surface area contributed by atoms with E-state index in [1.807, 2.05) is 6.08 Å². The molecule has 0 radical (unpaired) electrons. The van der Waals surface area contributed by atoms with Gasteiger partial charge in [0.15, 0.2) is 6.29 Å². The van der Waals surface area contributed by atoms with Gasteiger partial charge in [0.1, 0.15) is 24.4 Å². The molecule has 1 aliphatic heterocycles. The van der Waals surface area contributed by atoms with E-state index in [4.69, 9.17) is 9.47 Å². The van der Waals surface area contributed by atoms with Crippen LogP contribution in [0, 0.1) is 0 Å². The molecule has 65 heavy (non-hydrogen) atoms. The average molecular weight is 904 g/mol. The molecule has 1 rings (SSSR count). The maximum Gasteiger partial charge on any atom is 0.220 e. The van der Waals surface area contributed by atoms with Crippen LogP contribution in [0.4, 0.5) is 0 Å². The van der Waals surface area contributed by atoms with Crippen LogP contribution in [-0.2, 0) is 14.3 Å². The third-order valence-corrected chi connectivity index (χ3v) is 10.7. The van der Waals surface area contributed by atoms with Gasteiger partial charge in [0.2, 0.25) is 5.91 Å². The van der Waals surface area contributed by atoms with Crippen molar-refractivity contribution in [1.29, 1.82) is 0 Å². The Hall–Kier alpha value is -3.67. The van der Waals surface area contributed by atoms with Gasteiger partial charge in [0.25, 0.3) is 0 Å². The van der Waals surface area contributed by atoms with Crippen LogP contribution >= 0.6 is 0 Å². The molecule has 0 bridgehead atoms. The first-order valence-electron chi connectivity index (χ1n) is 24.9. The molecular weight excluding hydrogens is 815 g/mol. The van der Waals surface area contributed by atoms with E-state index in [1.54, 1.807) is 6.08 Å². The third kappa shape index (κ3) is 34.3. The highest BCUT2D eigenvalue weighted by atomic mass is 16.7. The summed E-state index contributed by atoms with van der Waals surface area (Å²) >= 11 is 0. The fraction of sp³-hybridized carbons (Fsp3) is 0.589. The van der Waals surface area contributed by atoms with Crippen LogP contribution < -0.4 is 5.32 Å². The van der Waals surface area contributed by atoms with Gasteiger partial charge in [-0.25, -0.2) is 0 Å². The Morgan fingerprint density at radius 2 is 0.954 bits per heavy atom. The minimum atomic E-state index is -1.58. The SMILES string of the molecule is CC/C=C\C/C=C\C/C=C\C/C=C\C/C=C\C/C=C\C/C=C\C/C=C\C/C=C\C/C=C\CCCCCCC(=O)NC(COC1OC(CO)C(O)C(O)C1O)C(O)/C=C/CCCCCCC. The zero-order valence-electron chi connectivity index (χ0n) is 40.2. The molecule has 7 unspecified atom stereocenters. The summed E-state index contributed by atoms with van der Waals surface area (Å²) in [5.41, 5.74) is 0. The maximum absolute atomic E-state index is 12.9. The Labute approximate surface area is 394 Å². The van der Waals surface area contributed by atoms with Gasteiger partial charge >= 0.3 is 0 Å². The quantitative estimate of drug-likeness (QED) is 0.0264. The first-order valence-corrected chi connectivity index (χ1v) is 24.9. The molecule has 0 spiro atoms. The van der Waals surface area contributed by atoms with Crippen molar-refractivity contribution in [3.8, 4) is 0 Å². The Morgan fingerprint density at radius 1 is 0.538 bits per heavy atom. The van der Waals surface area contributed by atoms with Crippen LogP contribution in [0.15, 0.2) is 134 Å². The molecule has 0 aromatic carbocycles. The van der Waals surface area contributed by atoms with E-state index in [0.717, 1.165) is 116 Å². The molecule has 1 fully saturated rings. The lowest BCUT2D eigenvalue weighted by atomic mass is 9.99. The van der Waals surface area contributed by atoms with Gasteiger partial charge in [-0.05, 0) is 96.3 Å². The number of amides is 1. The second-order valence-electron chi connectivity index (χ2n) is 16.5. The second-order valence-corrected chi connectivity index (χ2v) is 16.5. The summed E-state index contributed by atoms with van der Waals surface area (Å²) in [5.74, 6) is -0.214. The lowest BCUT2D eigenvalue weighted by molar-refractivity contribution is -0.302. The number of allylic oxidation sites excluding steroid dienone is 21. The standard InChI is InChI=1S/C56H89NO8/c1-3-5-7-9-11-12-13-14-15-16-17-18-19-20-21-22-23-24-25-26-27-28-29-30-31-32-33-34-35-36-37-38-40-42-44-46-52(60)57-49(50(59)45-43-41-39-10-8-6-4-2)48-64-56-55(63)54(62)53(61)51(47-58)65-56/h5,7,11-12,14-15,17-18,20-21,23-24,26-27,29-30,32-33,35-36,43,45,49-51,53-56,58-59,61-63H,3-4,6,8-10,13,16,19,22,25,28,31,34,37-42,44,46-48H2,1-2H3,(H,57,60)/b7-5-,12-11-,15-14-,18-17-,21-20-,24-23-,27-26-,30-29-,33-32-,36-35-,45-43+. The van der Waals surface area contributed by atoms with Crippen molar-refractivity contribution >= 4 is 5.91 Å². The summed E-state index contributed by atoms with van der Waals surface area (Å²) in [4.78, 5) is 12.9. The van der Waals surface area contributed by atoms with Crippen LogP contribution in [0.3, 0.4) is 0 Å². The van der Waals surface area contributed by atoms with Gasteiger partial charge in [-0.2, -0.15) is 0 Å². The van der Waals surface area contributed by atoms with Gasteiger partial charge < -0.3 is 40.3 Å². The van der Waals surface area contributed by atoms with E-state index in [0.29, 0.717) is 6.42 Å². The second kappa shape index (κ2) is 44.2. The zero-order valence-corrected chi connectivity index (χ0v) is 40.2. The Bertz CT molecular complexity index is 1470. The van der Waals surface area contributed by atoms with Crippen LogP contribution in [-0.4, -0.2) is 87.5 Å². The number of carbonyl (C=O) groups is 1. The maximum atomic E-state index is 12.9. The number of aliphatic hydroxyl groups is 5. The van der Waals surface area contributed by atoms with Gasteiger partial charge in [-0.15, -0.1) is 0 Å². The highest BCUT2D eigenvalue weighted by molar-refractivity contribution is 5.76. The molecule has 9 heteroatoms. The fourth-order valence-corrected chi connectivity index (χ4v) is 6.77. The number of hydrogen-bond acceptors (Lipinski definition) is 8. The lowest BCUT2D eigenvalue weighted by Gasteiger charge is -2.40. The molecule has 0 aromatic rings. The summed E-state index contributed by atoms with van der Waals surface area (Å²) in [7, 11) is 0. The first-order chi connectivity index (χ1) is 31.8. The molecule has 1 saturated heterocycles. The van der Waals surface area contributed by atoms with E-state index in [9.17, 15) is 30.3 Å². The number of aliphatic hydroxyl groups excluding tert-OH is 5. The highest BCUT2D eigenvalue weighted by Crippen LogP contribution is 2.22. The van der Waals surface area contributed by atoms with Crippen molar-refractivity contribution in [2.24, 2.45) is 0 Å². The number of carbonyl (C=O) groups excluding carboxylic acids is 1. The van der Waals surface area contributed by atoms with Crippen LogP contribution in [0.1, 0.15) is 155 Å². The summed E-state index contributed by atoms with van der Waals surface area (Å²) < 4.78 is 11.1. The highest BCUT2D eigenvalue weighted by Gasteiger charge is 2.44. The van der Waals surface area contributed by atoms with Gasteiger partial charge in [0, 0.05) is 6.42 Å². The van der Waals surface area contributed by atoms with E-state index in [2.05, 4.69) is 141 Å². The zero-order chi connectivity index (χ0) is 47.3. The largest absolute Gasteiger partial charge is 0.394 e. The molecule has 1 amide bonds. The van der Waals surface area contributed by atoms with E-state index >= 15 is 0 Å². The average Bonchev–Trinajstić information content (AvgIpc) is 3.31. The molecule has 0 saturated carbocycles. The molecule has 366 valence electrons. The number of rotatable bonds is 39. The fourth-order valence-electron chi connectivity index (χ4n) is 6.77. The predicted octanol–water partition coefficient (Wildman–Crippen LogP) is 11.4. The summed E-state index contributed by atoms with van der Waals surface area (Å²) in [6.07, 6.45) is 61.1. The Kier molecular flexibility index (Phi) is 40.3. The van der Waals surface area contributed by atoms with E-state index < -0.39 is 49.5 Å². The molecule has 7 atom stereocenters. The molecule has 1 aliphatic rings. The Balaban J connectivity index is 2.19.